The highest BCUT2D eigenvalue weighted by Crippen LogP contribution is 2.49. The fraction of sp³-hybridized carbons (Fsp3) is 0.471. The highest BCUT2D eigenvalue weighted by molar-refractivity contribution is 5.98. The number of carbonyl (C=O) groups excluding carboxylic acids is 2. The van der Waals surface area contributed by atoms with Crippen LogP contribution in [0, 0.1) is 6.57 Å². The lowest BCUT2D eigenvalue weighted by molar-refractivity contribution is -0.148. The van der Waals surface area contributed by atoms with E-state index in [-0.39, 0.29) is 18.6 Å². The zero-order valence-corrected chi connectivity index (χ0v) is 13.4. The SMILES string of the molecule is [C-]#[N+][C@]1(C)C[C@H]2C(=O)N[C@@H](C)C(=O)N2[C@@H]1c1ccc2c(c1)OCO2. The molecule has 124 valence electrons. The first kappa shape index (κ1) is 14.8. The van der Waals surface area contributed by atoms with Crippen molar-refractivity contribution >= 4 is 11.8 Å². The molecule has 2 fully saturated rings. The van der Waals surface area contributed by atoms with Crippen LogP contribution in [0.15, 0.2) is 18.2 Å². The smallest absolute Gasteiger partial charge is 0.256 e. The van der Waals surface area contributed by atoms with E-state index in [0.29, 0.717) is 17.9 Å². The van der Waals surface area contributed by atoms with Gasteiger partial charge in [-0.25, -0.2) is 6.57 Å². The largest absolute Gasteiger partial charge is 0.454 e. The van der Waals surface area contributed by atoms with E-state index in [1.165, 1.54) is 0 Å². The highest BCUT2D eigenvalue weighted by atomic mass is 16.7. The standard InChI is InChI=1S/C17H17N3O4/c1-9-16(22)20-11(15(21)19-9)7-17(2,18-3)14(20)10-4-5-12-13(6-10)24-8-23-12/h4-6,9,11,14H,7-8H2,1-2H3,(H,19,21)/t9-,11-,14+,17+/m0/s1. The molecule has 0 unspecified atom stereocenters. The number of carbonyl (C=O) groups is 2. The van der Waals surface area contributed by atoms with Crippen LogP contribution in [-0.4, -0.2) is 41.1 Å². The number of amides is 2. The van der Waals surface area contributed by atoms with Crippen molar-refractivity contribution in [3.8, 4) is 11.5 Å². The highest BCUT2D eigenvalue weighted by Gasteiger charge is 2.61. The quantitative estimate of drug-likeness (QED) is 0.788. The second-order valence-corrected chi connectivity index (χ2v) is 6.68. The first-order chi connectivity index (χ1) is 11.4. The van der Waals surface area contributed by atoms with E-state index in [2.05, 4.69) is 10.2 Å². The van der Waals surface area contributed by atoms with Gasteiger partial charge in [-0.3, -0.25) is 9.59 Å². The Morgan fingerprint density at radius 2 is 2.08 bits per heavy atom. The predicted molar refractivity (Wildman–Crippen MR) is 83.2 cm³/mol. The lowest BCUT2D eigenvalue weighted by Crippen LogP contribution is -2.60. The lowest BCUT2D eigenvalue weighted by atomic mass is 9.87. The summed E-state index contributed by atoms with van der Waals surface area (Å²) < 4.78 is 10.8. The Kier molecular flexibility index (Phi) is 3.01. The third kappa shape index (κ3) is 1.89. The Bertz CT molecular complexity index is 787. The van der Waals surface area contributed by atoms with Gasteiger partial charge in [-0.15, -0.1) is 0 Å². The van der Waals surface area contributed by atoms with E-state index in [0.717, 1.165) is 5.56 Å². The maximum atomic E-state index is 12.7. The topological polar surface area (TPSA) is 72.2 Å². The number of fused-ring (bicyclic) bond motifs is 2. The third-order valence-electron chi connectivity index (χ3n) is 5.06. The maximum Gasteiger partial charge on any atom is 0.256 e. The molecule has 4 rings (SSSR count). The van der Waals surface area contributed by atoms with Crippen molar-refractivity contribution in [2.24, 2.45) is 0 Å². The third-order valence-corrected chi connectivity index (χ3v) is 5.06. The van der Waals surface area contributed by atoms with E-state index in [1.54, 1.807) is 24.8 Å². The summed E-state index contributed by atoms with van der Waals surface area (Å²) in [5, 5.41) is 2.70. The molecule has 3 heterocycles. The van der Waals surface area contributed by atoms with Crippen LogP contribution in [0.4, 0.5) is 0 Å². The number of nitrogens with one attached hydrogen (secondary N) is 1. The molecule has 24 heavy (non-hydrogen) atoms. The first-order valence-electron chi connectivity index (χ1n) is 7.85. The number of hydrogen-bond acceptors (Lipinski definition) is 4. The molecule has 1 aromatic rings. The van der Waals surface area contributed by atoms with Gasteiger partial charge in [-0.1, -0.05) is 6.07 Å². The molecule has 2 amide bonds. The van der Waals surface area contributed by atoms with Gasteiger partial charge in [0.15, 0.2) is 11.5 Å². The van der Waals surface area contributed by atoms with Crippen molar-refractivity contribution in [2.75, 3.05) is 6.79 Å². The average Bonchev–Trinajstić information content (AvgIpc) is 3.14. The van der Waals surface area contributed by atoms with E-state index in [4.69, 9.17) is 16.0 Å². The van der Waals surface area contributed by atoms with Crippen LogP contribution in [0.3, 0.4) is 0 Å². The number of nitrogens with zero attached hydrogens (tertiary/aromatic N) is 2. The summed E-state index contributed by atoms with van der Waals surface area (Å²) in [7, 11) is 0. The van der Waals surface area contributed by atoms with Crippen molar-refractivity contribution in [1.29, 1.82) is 0 Å². The van der Waals surface area contributed by atoms with Gasteiger partial charge >= 0.3 is 0 Å². The zero-order chi connectivity index (χ0) is 17.1. The van der Waals surface area contributed by atoms with Crippen molar-refractivity contribution in [2.45, 2.75) is 43.9 Å². The molecule has 3 aliphatic heterocycles. The second-order valence-electron chi connectivity index (χ2n) is 6.68. The van der Waals surface area contributed by atoms with Gasteiger partial charge < -0.3 is 24.5 Å². The Morgan fingerprint density at radius 3 is 2.83 bits per heavy atom. The van der Waals surface area contributed by atoms with Gasteiger partial charge in [0.25, 0.3) is 5.54 Å². The van der Waals surface area contributed by atoms with Gasteiger partial charge in [-0.05, 0) is 24.6 Å². The van der Waals surface area contributed by atoms with Crippen LogP contribution in [0.5, 0.6) is 11.5 Å². The van der Waals surface area contributed by atoms with Crippen molar-refractivity contribution in [3.63, 3.8) is 0 Å². The molecule has 0 aliphatic carbocycles. The Morgan fingerprint density at radius 1 is 1.33 bits per heavy atom. The van der Waals surface area contributed by atoms with Crippen molar-refractivity contribution in [1.82, 2.24) is 10.2 Å². The Hall–Kier alpha value is -2.75. The summed E-state index contributed by atoms with van der Waals surface area (Å²) >= 11 is 0. The summed E-state index contributed by atoms with van der Waals surface area (Å²) in [6.45, 7) is 11.3. The summed E-state index contributed by atoms with van der Waals surface area (Å²) in [4.78, 5) is 30.4. The van der Waals surface area contributed by atoms with Crippen LogP contribution in [0.2, 0.25) is 0 Å². The molecule has 3 aliphatic rings. The number of piperazine rings is 1. The minimum atomic E-state index is -0.866. The average molecular weight is 327 g/mol. The molecule has 1 N–H and O–H groups in total. The number of hydrogen-bond donors (Lipinski definition) is 1. The van der Waals surface area contributed by atoms with Crippen LogP contribution < -0.4 is 14.8 Å². The molecule has 1 aromatic carbocycles. The Balaban J connectivity index is 1.83. The Labute approximate surface area is 139 Å². The molecule has 0 spiro atoms. The summed E-state index contributed by atoms with van der Waals surface area (Å²) in [5.74, 6) is 0.897. The molecular weight excluding hydrogens is 310 g/mol. The minimum absolute atomic E-state index is 0.158. The molecule has 0 aromatic heterocycles. The number of benzene rings is 1. The van der Waals surface area contributed by atoms with Crippen molar-refractivity contribution < 1.29 is 19.1 Å². The van der Waals surface area contributed by atoms with E-state index >= 15 is 0 Å². The molecule has 7 heteroatoms. The molecule has 0 bridgehead atoms. The summed E-state index contributed by atoms with van der Waals surface area (Å²) in [6, 6.07) is 3.75. The van der Waals surface area contributed by atoms with E-state index < -0.39 is 23.7 Å². The maximum absolute atomic E-state index is 12.7. The van der Waals surface area contributed by atoms with Gasteiger partial charge in [0.2, 0.25) is 18.6 Å². The fourth-order valence-electron chi connectivity index (χ4n) is 3.89. The second kappa shape index (κ2) is 4.87. The molecule has 4 atom stereocenters. The van der Waals surface area contributed by atoms with Gasteiger partial charge in [0, 0.05) is 6.92 Å². The van der Waals surface area contributed by atoms with E-state index in [9.17, 15) is 9.59 Å². The molecule has 7 nitrogen and oxygen atoms in total. The predicted octanol–water partition coefficient (Wildman–Crippen LogP) is 1.25. The van der Waals surface area contributed by atoms with Gasteiger partial charge in [0.05, 0.1) is 6.42 Å². The zero-order valence-electron chi connectivity index (χ0n) is 13.4. The van der Waals surface area contributed by atoms with Gasteiger partial charge in [-0.2, -0.15) is 0 Å². The first-order valence-corrected chi connectivity index (χ1v) is 7.85. The molecule has 2 saturated heterocycles. The van der Waals surface area contributed by atoms with Crippen LogP contribution in [-0.2, 0) is 9.59 Å². The number of rotatable bonds is 1. The summed E-state index contributed by atoms with van der Waals surface area (Å²) in [6.07, 6.45) is 0.319. The lowest BCUT2D eigenvalue weighted by Gasteiger charge is -2.36. The monoisotopic (exact) mass is 327 g/mol. The normalized spacial score (nSPS) is 33.9. The molecular formula is C17H17N3O4. The van der Waals surface area contributed by atoms with Gasteiger partial charge in [0.1, 0.15) is 18.1 Å². The molecule has 0 saturated carbocycles. The number of ether oxygens (including phenoxy) is 2. The summed E-state index contributed by atoms with van der Waals surface area (Å²) in [5.41, 5.74) is -0.0782. The van der Waals surface area contributed by atoms with Crippen LogP contribution in [0.1, 0.15) is 31.9 Å². The van der Waals surface area contributed by atoms with Crippen LogP contribution in [0.25, 0.3) is 4.85 Å². The van der Waals surface area contributed by atoms with E-state index in [1.807, 2.05) is 12.1 Å². The minimum Gasteiger partial charge on any atom is -0.454 e. The van der Waals surface area contributed by atoms with Crippen LogP contribution >= 0.6 is 0 Å². The fourth-order valence-corrected chi connectivity index (χ4v) is 3.89. The molecule has 0 radical (unpaired) electrons. The van der Waals surface area contributed by atoms with Crippen molar-refractivity contribution in [3.05, 3.63) is 35.2 Å².